The summed E-state index contributed by atoms with van der Waals surface area (Å²) in [4.78, 5) is 26.3. The highest BCUT2D eigenvalue weighted by atomic mass is 16.5. The Morgan fingerprint density at radius 2 is 2.14 bits per heavy atom. The number of methoxy groups -OCH3 is 1. The standard InChI is InChI=1S/C15H28N2O4/c1-5-6-7-12(15(19)20-4)17-8-9-21-10-13(17)14(18)16-11(2)3/h11-13H,5-10H2,1-4H3,(H,16,18). The topological polar surface area (TPSA) is 67.9 Å². The summed E-state index contributed by atoms with van der Waals surface area (Å²) in [5.74, 6) is -0.359. The summed E-state index contributed by atoms with van der Waals surface area (Å²) in [6.45, 7) is 7.33. The van der Waals surface area contributed by atoms with Crippen molar-refractivity contribution in [2.24, 2.45) is 0 Å². The minimum absolute atomic E-state index is 0.0634. The lowest BCUT2D eigenvalue weighted by Crippen LogP contribution is -2.59. The van der Waals surface area contributed by atoms with Gasteiger partial charge in [-0.3, -0.25) is 14.5 Å². The van der Waals surface area contributed by atoms with Crippen LogP contribution in [0, 0.1) is 0 Å². The van der Waals surface area contributed by atoms with E-state index in [0.717, 1.165) is 12.8 Å². The van der Waals surface area contributed by atoms with E-state index in [0.29, 0.717) is 26.2 Å². The van der Waals surface area contributed by atoms with E-state index in [1.54, 1.807) is 0 Å². The molecule has 122 valence electrons. The second-order valence-corrected chi connectivity index (χ2v) is 5.67. The molecule has 1 rings (SSSR count). The van der Waals surface area contributed by atoms with Crippen molar-refractivity contribution in [2.75, 3.05) is 26.9 Å². The highest BCUT2D eigenvalue weighted by Gasteiger charge is 2.37. The van der Waals surface area contributed by atoms with Crippen LogP contribution in [0.3, 0.4) is 0 Å². The van der Waals surface area contributed by atoms with Gasteiger partial charge in [0, 0.05) is 12.6 Å². The molecule has 6 heteroatoms. The summed E-state index contributed by atoms with van der Waals surface area (Å²) in [5, 5.41) is 2.90. The normalized spacial score (nSPS) is 21.1. The van der Waals surface area contributed by atoms with Crippen LogP contribution in [-0.2, 0) is 19.1 Å². The van der Waals surface area contributed by atoms with Crippen LogP contribution < -0.4 is 5.32 Å². The van der Waals surface area contributed by atoms with Gasteiger partial charge in [0.25, 0.3) is 0 Å². The van der Waals surface area contributed by atoms with Crippen molar-refractivity contribution in [3.63, 3.8) is 0 Å². The number of hydrogen-bond donors (Lipinski definition) is 1. The average Bonchev–Trinajstić information content (AvgIpc) is 2.47. The van der Waals surface area contributed by atoms with Crippen molar-refractivity contribution >= 4 is 11.9 Å². The van der Waals surface area contributed by atoms with Crippen LogP contribution in [0.2, 0.25) is 0 Å². The van der Waals surface area contributed by atoms with Gasteiger partial charge in [0.15, 0.2) is 0 Å². The van der Waals surface area contributed by atoms with Crippen molar-refractivity contribution in [1.82, 2.24) is 10.2 Å². The maximum absolute atomic E-state index is 12.3. The fourth-order valence-electron chi connectivity index (χ4n) is 2.55. The minimum atomic E-state index is -0.429. The third-order valence-corrected chi connectivity index (χ3v) is 3.61. The first kappa shape index (κ1) is 17.9. The molecule has 1 fully saturated rings. The molecule has 0 aromatic carbocycles. The summed E-state index contributed by atoms with van der Waals surface area (Å²) in [6, 6.07) is -0.739. The highest BCUT2D eigenvalue weighted by Crippen LogP contribution is 2.18. The summed E-state index contributed by atoms with van der Waals surface area (Å²) in [7, 11) is 1.39. The number of ether oxygens (including phenoxy) is 2. The number of nitrogens with one attached hydrogen (secondary N) is 1. The molecular weight excluding hydrogens is 272 g/mol. The first-order valence-corrected chi connectivity index (χ1v) is 7.72. The molecule has 2 unspecified atom stereocenters. The first-order valence-electron chi connectivity index (χ1n) is 7.72. The summed E-state index contributed by atoms with van der Waals surface area (Å²) in [5.41, 5.74) is 0. The molecule has 1 aliphatic rings. The summed E-state index contributed by atoms with van der Waals surface area (Å²) >= 11 is 0. The molecule has 1 amide bonds. The number of nitrogens with zero attached hydrogens (tertiary/aromatic N) is 1. The molecule has 0 spiro atoms. The zero-order valence-corrected chi connectivity index (χ0v) is 13.6. The lowest BCUT2D eigenvalue weighted by molar-refractivity contribution is -0.154. The van der Waals surface area contributed by atoms with Crippen LogP contribution >= 0.6 is 0 Å². The van der Waals surface area contributed by atoms with Gasteiger partial charge in [0.2, 0.25) is 5.91 Å². The van der Waals surface area contributed by atoms with Crippen molar-refractivity contribution in [3.05, 3.63) is 0 Å². The second kappa shape index (κ2) is 9.00. The maximum atomic E-state index is 12.3. The molecule has 0 saturated carbocycles. The number of rotatable bonds is 7. The highest BCUT2D eigenvalue weighted by molar-refractivity contribution is 5.84. The smallest absolute Gasteiger partial charge is 0.323 e. The van der Waals surface area contributed by atoms with Crippen LogP contribution in [0.1, 0.15) is 40.0 Å². The average molecular weight is 300 g/mol. The lowest BCUT2D eigenvalue weighted by Gasteiger charge is -2.39. The second-order valence-electron chi connectivity index (χ2n) is 5.67. The van der Waals surface area contributed by atoms with Crippen molar-refractivity contribution in [2.45, 2.75) is 58.2 Å². The molecule has 1 aliphatic heterocycles. The number of amides is 1. The Kier molecular flexibility index (Phi) is 7.67. The fraction of sp³-hybridized carbons (Fsp3) is 0.867. The van der Waals surface area contributed by atoms with Crippen LogP contribution in [0.15, 0.2) is 0 Å². The van der Waals surface area contributed by atoms with E-state index in [9.17, 15) is 9.59 Å². The summed E-state index contributed by atoms with van der Waals surface area (Å²) < 4.78 is 10.3. The van der Waals surface area contributed by atoms with E-state index in [1.807, 2.05) is 18.7 Å². The Morgan fingerprint density at radius 1 is 1.43 bits per heavy atom. The van der Waals surface area contributed by atoms with E-state index < -0.39 is 6.04 Å². The fourth-order valence-corrected chi connectivity index (χ4v) is 2.55. The van der Waals surface area contributed by atoms with Crippen LogP contribution in [0.4, 0.5) is 0 Å². The molecule has 0 aromatic rings. The largest absolute Gasteiger partial charge is 0.468 e. The third-order valence-electron chi connectivity index (χ3n) is 3.61. The molecule has 1 N–H and O–H groups in total. The Morgan fingerprint density at radius 3 is 2.71 bits per heavy atom. The van der Waals surface area contributed by atoms with Crippen LogP contribution in [0.5, 0.6) is 0 Å². The van der Waals surface area contributed by atoms with E-state index in [1.165, 1.54) is 7.11 Å². The molecule has 0 bridgehead atoms. The van der Waals surface area contributed by atoms with Crippen LogP contribution in [0.25, 0.3) is 0 Å². The van der Waals surface area contributed by atoms with Crippen molar-refractivity contribution in [3.8, 4) is 0 Å². The van der Waals surface area contributed by atoms with Crippen molar-refractivity contribution in [1.29, 1.82) is 0 Å². The molecule has 1 heterocycles. The van der Waals surface area contributed by atoms with Gasteiger partial charge in [-0.2, -0.15) is 0 Å². The van der Waals surface area contributed by atoms with Gasteiger partial charge in [-0.15, -0.1) is 0 Å². The Labute approximate surface area is 127 Å². The predicted octanol–water partition coefficient (Wildman–Crippen LogP) is 0.944. The minimum Gasteiger partial charge on any atom is -0.468 e. The number of carbonyl (C=O) groups is 2. The lowest BCUT2D eigenvalue weighted by atomic mass is 10.0. The van der Waals surface area contributed by atoms with Crippen molar-refractivity contribution < 1.29 is 19.1 Å². The zero-order chi connectivity index (χ0) is 15.8. The van der Waals surface area contributed by atoms with Gasteiger partial charge in [-0.05, 0) is 20.3 Å². The molecule has 2 atom stereocenters. The number of esters is 1. The first-order chi connectivity index (χ1) is 10.0. The Balaban J connectivity index is 2.84. The number of hydrogen-bond acceptors (Lipinski definition) is 5. The van der Waals surface area contributed by atoms with Gasteiger partial charge < -0.3 is 14.8 Å². The van der Waals surface area contributed by atoms with Gasteiger partial charge >= 0.3 is 5.97 Å². The molecule has 0 radical (unpaired) electrons. The van der Waals surface area contributed by atoms with E-state index >= 15 is 0 Å². The summed E-state index contributed by atoms with van der Waals surface area (Å²) in [6.07, 6.45) is 2.63. The maximum Gasteiger partial charge on any atom is 0.323 e. The van der Waals surface area contributed by atoms with Gasteiger partial charge in [-0.1, -0.05) is 19.8 Å². The molecule has 6 nitrogen and oxygen atoms in total. The van der Waals surface area contributed by atoms with E-state index in [2.05, 4.69) is 12.2 Å². The van der Waals surface area contributed by atoms with Crippen LogP contribution in [-0.4, -0.2) is 61.8 Å². The van der Waals surface area contributed by atoms with Gasteiger partial charge in [0.05, 0.1) is 20.3 Å². The Hall–Kier alpha value is -1.14. The monoisotopic (exact) mass is 300 g/mol. The zero-order valence-electron chi connectivity index (χ0n) is 13.6. The quantitative estimate of drug-likeness (QED) is 0.709. The molecule has 1 saturated heterocycles. The van der Waals surface area contributed by atoms with E-state index in [-0.39, 0.29) is 24.0 Å². The van der Waals surface area contributed by atoms with Gasteiger partial charge in [-0.25, -0.2) is 0 Å². The number of morpholine rings is 1. The number of carbonyl (C=O) groups excluding carboxylic acids is 2. The third kappa shape index (κ3) is 5.28. The number of unbranched alkanes of at least 4 members (excludes halogenated alkanes) is 1. The predicted molar refractivity (Wildman–Crippen MR) is 79.9 cm³/mol. The SMILES string of the molecule is CCCCC(C(=O)OC)N1CCOCC1C(=O)NC(C)C. The molecule has 21 heavy (non-hydrogen) atoms. The molecular formula is C15H28N2O4. The van der Waals surface area contributed by atoms with Gasteiger partial charge in [0.1, 0.15) is 12.1 Å². The molecule has 0 aliphatic carbocycles. The Bertz CT molecular complexity index is 347. The molecule has 0 aromatic heterocycles. The van der Waals surface area contributed by atoms with E-state index in [4.69, 9.17) is 9.47 Å².